The zero-order valence-electron chi connectivity index (χ0n) is 7.08. The summed E-state index contributed by atoms with van der Waals surface area (Å²) < 4.78 is 0.948. The molecule has 13 heavy (non-hydrogen) atoms. The molecule has 0 atom stereocenters. The molecule has 0 bridgehead atoms. The molecule has 0 aliphatic heterocycles. The Bertz CT molecular complexity index is 369. The summed E-state index contributed by atoms with van der Waals surface area (Å²) in [6.45, 7) is 1.50. The Morgan fingerprint density at radius 3 is 2.31 bits per heavy atom. The van der Waals surface area contributed by atoms with E-state index in [0.29, 0.717) is 5.57 Å². The molecule has 2 nitrogen and oxygen atoms in total. The number of hydrogen-bond acceptors (Lipinski definition) is 2. The van der Waals surface area contributed by atoms with Crippen LogP contribution in [0.2, 0.25) is 0 Å². The Morgan fingerprint density at radius 1 is 1.38 bits per heavy atom. The van der Waals surface area contributed by atoms with Crippen molar-refractivity contribution in [3.05, 3.63) is 40.1 Å². The molecule has 1 aromatic carbocycles. The van der Waals surface area contributed by atoms with Crippen LogP contribution in [0.5, 0.6) is 0 Å². The molecule has 0 fully saturated rings. The van der Waals surface area contributed by atoms with Gasteiger partial charge in [-0.15, -0.1) is 0 Å². The van der Waals surface area contributed by atoms with E-state index in [0.717, 1.165) is 10.0 Å². The molecular weight excluding hydrogens is 230 g/mol. The van der Waals surface area contributed by atoms with Crippen LogP contribution >= 0.6 is 15.9 Å². The van der Waals surface area contributed by atoms with E-state index in [-0.39, 0.29) is 5.76 Å². The standard InChI is InChI=1S/C10H8BrNO/c1-7(13)10(6-12)8-2-4-9(11)5-3-8/h2-5,13H,1H3/b10-7+. The lowest BCUT2D eigenvalue weighted by molar-refractivity contribution is 0.418. The number of nitrogens with zero attached hydrogens (tertiary/aromatic N) is 1. The van der Waals surface area contributed by atoms with Crippen molar-refractivity contribution in [1.82, 2.24) is 0 Å². The highest BCUT2D eigenvalue weighted by Crippen LogP contribution is 2.19. The monoisotopic (exact) mass is 237 g/mol. The van der Waals surface area contributed by atoms with Gasteiger partial charge in [-0.2, -0.15) is 5.26 Å². The first-order chi connectivity index (χ1) is 6.15. The zero-order chi connectivity index (χ0) is 9.84. The minimum absolute atomic E-state index is 0.0461. The van der Waals surface area contributed by atoms with Crippen molar-refractivity contribution in [1.29, 1.82) is 5.26 Å². The van der Waals surface area contributed by atoms with E-state index in [4.69, 9.17) is 5.26 Å². The van der Waals surface area contributed by atoms with Crippen LogP contribution in [-0.4, -0.2) is 5.11 Å². The second-order valence-electron chi connectivity index (χ2n) is 2.58. The molecule has 1 N–H and O–H groups in total. The number of allylic oxidation sites excluding steroid dienone is 2. The van der Waals surface area contributed by atoms with Crippen LogP contribution < -0.4 is 0 Å². The molecule has 1 rings (SSSR count). The van der Waals surface area contributed by atoms with Crippen molar-refractivity contribution >= 4 is 21.5 Å². The number of rotatable bonds is 1. The first-order valence-electron chi connectivity index (χ1n) is 3.71. The maximum absolute atomic E-state index is 9.18. The summed E-state index contributed by atoms with van der Waals surface area (Å²) in [7, 11) is 0. The average molecular weight is 238 g/mol. The summed E-state index contributed by atoms with van der Waals surface area (Å²) >= 11 is 3.29. The molecule has 0 saturated carbocycles. The minimum Gasteiger partial charge on any atom is -0.511 e. The van der Waals surface area contributed by atoms with E-state index >= 15 is 0 Å². The van der Waals surface area contributed by atoms with Crippen molar-refractivity contribution in [3.63, 3.8) is 0 Å². The molecule has 0 radical (unpaired) electrons. The SMILES string of the molecule is C/C(O)=C(/C#N)c1ccc(Br)cc1. The summed E-state index contributed by atoms with van der Waals surface area (Å²) in [4.78, 5) is 0. The van der Waals surface area contributed by atoms with Crippen LogP contribution in [-0.2, 0) is 0 Å². The van der Waals surface area contributed by atoms with Gasteiger partial charge < -0.3 is 5.11 Å². The Labute approximate surface area is 85.3 Å². The maximum atomic E-state index is 9.18. The lowest BCUT2D eigenvalue weighted by atomic mass is 10.1. The molecule has 0 spiro atoms. The Balaban J connectivity index is 3.17. The normalized spacial score (nSPS) is 11.8. The quantitative estimate of drug-likeness (QED) is 0.602. The van der Waals surface area contributed by atoms with E-state index in [9.17, 15) is 5.11 Å². The summed E-state index contributed by atoms with van der Waals surface area (Å²) in [5.74, 6) is 0.0461. The van der Waals surface area contributed by atoms with Gasteiger partial charge in [-0.25, -0.2) is 0 Å². The van der Waals surface area contributed by atoms with E-state index in [1.165, 1.54) is 6.92 Å². The molecule has 0 heterocycles. The molecule has 0 aromatic heterocycles. The van der Waals surface area contributed by atoms with Crippen LogP contribution in [0.1, 0.15) is 12.5 Å². The fourth-order valence-electron chi connectivity index (χ4n) is 0.971. The van der Waals surface area contributed by atoms with Crippen LogP contribution in [0.25, 0.3) is 5.57 Å². The van der Waals surface area contributed by atoms with Crippen molar-refractivity contribution in [2.75, 3.05) is 0 Å². The molecule has 1 aromatic rings. The number of aliphatic hydroxyl groups is 1. The van der Waals surface area contributed by atoms with Crippen LogP contribution in [0.3, 0.4) is 0 Å². The highest BCUT2D eigenvalue weighted by atomic mass is 79.9. The van der Waals surface area contributed by atoms with Crippen LogP contribution in [0.15, 0.2) is 34.5 Å². The number of aliphatic hydroxyl groups excluding tert-OH is 1. The predicted octanol–water partition coefficient (Wildman–Crippen LogP) is 3.26. The van der Waals surface area contributed by atoms with Gasteiger partial charge in [0.15, 0.2) is 0 Å². The fourth-order valence-corrected chi connectivity index (χ4v) is 1.24. The molecule has 3 heteroatoms. The largest absolute Gasteiger partial charge is 0.511 e. The highest BCUT2D eigenvalue weighted by Gasteiger charge is 2.03. The molecule has 0 aliphatic rings. The van der Waals surface area contributed by atoms with Gasteiger partial charge in [0.2, 0.25) is 0 Å². The number of nitriles is 1. The van der Waals surface area contributed by atoms with Gasteiger partial charge in [-0.1, -0.05) is 28.1 Å². The van der Waals surface area contributed by atoms with Gasteiger partial charge in [0.05, 0.1) is 5.57 Å². The molecule has 0 unspecified atom stereocenters. The first kappa shape index (κ1) is 9.82. The van der Waals surface area contributed by atoms with Crippen LogP contribution in [0, 0.1) is 11.3 Å². The van der Waals surface area contributed by atoms with Gasteiger partial charge in [0, 0.05) is 4.47 Å². The molecule has 0 saturated heterocycles. The topological polar surface area (TPSA) is 44.0 Å². The van der Waals surface area contributed by atoms with Crippen molar-refractivity contribution in [3.8, 4) is 6.07 Å². The Hall–Kier alpha value is -1.27. The summed E-state index contributed by atoms with van der Waals surface area (Å²) in [5, 5.41) is 17.9. The number of benzene rings is 1. The average Bonchev–Trinajstić information content (AvgIpc) is 2.09. The third-order valence-electron chi connectivity index (χ3n) is 1.61. The predicted molar refractivity (Wildman–Crippen MR) is 55.0 cm³/mol. The van der Waals surface area contributed by atoms with Gasteiger partial charge in [-0.05, 0) is 24.6 Å². The minimum atomic E-state index is 0.0461. The summed E-state index contributed by atoms with van der Waals surface area (Å²) in [6, 6.07) is 9.17. The van der Waals surface area contributed by atoms with E-state index in [1.807, 2.05) is 18.2 Å². The Morgan fingerprint density at radius 2 is 1.92 bits per heavy atom. The Kier molecular flexibility index (Phi) is 3.10. The lowest BCUT2D eigenvalue weighted by Crippen LogP contribution is -1.85. The molecule has 0 aliphatic carbocycles. The lowest BCUT2D eigenvalue weighted by Gasteiger charge is -1.99. The second kappa shape index (κ2) is 4.11. The molecule has 66 valence electrons. The van der Waals surface area contributed by atoms with E-state index in [2.05, 4.69) is 15.9 Å². The van der Waals surface area contributed by atoms with Gasteiger partial charge in [-0.3, -0.25) is 0 Å². The van der Waals surface area contributed by atoms with Crippen molar-refractivity contribution in [2.24, 2.45) is 0 Å². The van der Waals surface area contributed by atoms with Gasteiger partial charge >= 0.3 is 0 Å². The smallest absolute Gasteiger partial charge is 0.107 e. The first-order valence-corrected chi connectivity index (χ1v) is 4.50. The summed E-state index contributed by atoms with van der Waals surface area (Å²) in [5.41, 5.74) is 1.04. The second-order valence-corrected chi connectivity index (χ2v) is 3.49. The molecular formula is C10H8BrNO. The van der Waals surface area contributed by atoms with Crippen molar-refractivity contribution < 1.29 is 5.11 Å². The number of hydrogen-bond donors (Lipinski definition) is 1. The fraction of sp³-hybridized carbons (Fsp3) is 0.100. The zero-order valence-corrected chi connectivity index (χ0v) is 8.67. The molecule has 0 amide bonds. The van der Waals surface area contributed by atoms with Gasteiger partial charge in [0.1, 0.15) is 11.8 Å². The highest BCUT2D eigenvalue weighted by molar-refractivity contribution is 9.10. The van der Waals surface area contributed by atoms with Crippen LogP contribution in [0.4, 0.5) is 0 Å². The van der Waals surface area contributed by atoms with E-state index in [1.54, 1.807) is 12.1 Å². The number of halogens is 1. The van der Waals surface area contributed by atoms with Crippen molar-refractivity contribution in [2.45, 2.75) is 6.92 Å². The van der Waals surface area contributed by atoms with E-state index < -0.39 is 0 Å². The summed E-state index contributed by atoms with van der Waals surface area (Å²) in [6.07, 6.45) is 0. The van der Waals surface area contributed by atoms with Gasteiger partial charge in [0.25, 0.3) is 0 Å². The third-order valence-corrected chi connectivity index (χ3v) is 2.14. The maximum Gasteiger partial charge on any atom is 0.107 e. The third kappa shape index (κ3) is 2.33.